The Hall–Kier alpha value is -3.02. The summed E-state index contributed by atoms with van der Waals surface area (Å²) in [7, 11) is -4.64. The molecule has 0 saturated carbocycles. The summed E-state index contributed by atoms with van der Waals surface area (Å²) in [6.45, 7) is 5.90. The number of hydrogen-bond acceptors (Lipinski definition) is 6. The molecule has 0 bridgehead atoms. The fourth-order valence-corrected chi connectivity index (χ4v) is 5.83. The zero-order valence-corrected chi connectivity index (χ0v) is 22.4. The molecule has 2 aromatic carbocycles. The van der Waals surface area contributed by atoms with Gasteiger partial charge in [-0.15, -0.1) is 22.9 Å². The monoisotopic (exact) mass is 566 g/mol. The number of thiazole rings is 1. The number of nitrogens with zero attached hydrogens (tertiary/aromatic N) is 3. The van der Waals surface area contributed by atoms with Crippen molar-refractivity contribution in [3.8, 4) is 21.8 Å². The van der Waals surface area contributed by atoms with Crippen LogP contribution in [0.4, 0.5) is 18.9 Å². The molecule has 0 aliphatic carbocycles. The van der Waals surface area contributed by atoms with Crippen molar-refractivity contribution in [3.05, 3.63) is 76.9 Å². The average molecular weight is 567 g/mol. The van der Waals surface area contributed by atoms with Gasteiger partial charge in [0.15, 0.2) is 5.82 Å². The number of hydrogen-bond donors (Lipinski definition) is 1. The predicted octanol–water partition coefficient (Wildman–Crippen LogP) is 6.56. The van der Waals surface area contributed by atoms with E-state index in [4.69, 9.17) is 16.6 Å². The normalized spacial score (nSPS) is 12.1. The third kappa shape index (κ3) is 5.78. The number of nitrogens with one attached hydrogen (secondary N) is 1. The largest absolute Gasteiger partial charge is 0.277 e. The molecule has 0 spiro atoms. The number of benzene rings is 2. The third-order valence-electron chi connectivity index (χ3n) is 5.21. The van der Waals surface area contributed by atoms with Gasteiger partial charge >= 0.3 is 0 Å². The molecule has 1 N–H and O–H groups in total. The lowest BCUT2D eigenvalue weighted by atomic mass is 9.98. The van der Waals surface area contributed by atoms with Crippen molar-refractivity contribution in [2.45, 2.75) is 37.5 Å². The number of alkyl halides is 1. The zero-order valence-electron chi connectivity index (χ0n) is 20.0. The second kappa shape index (κ2) is 10.4. The van der Waals surface area contributed by atoms with Gasteiger partial charge in [0, 0.05) is 29.5 Å². The highest BCUT2D eigenvalue weighted by molar-refractivity contribution is 7.92. The van der Waals surface area contributed by atoms with E-state index in [1.807, 2.05) is 25.5 Å². The molecule has 2 heterocycles. The molecule has 0 fully saturated rings. The highest BCUT2D eigenvalue weighted by Gasteiger charge is 2.27. The topological polar surface area (TPSA) is 84.8 Å². The molecule has 0 aliphatic heterocycles. The van der Waals surface area contributed by atoms with E-state index in [1.54, 1.807) is 12.3 Å². The average Bonchev–Trinajstić information content (AvgIpc) is 3.28. The van der Waals surface area contributed by atoms with Gasteiger partial charge in [0.2, 0.25) is 0 Å². The molecule has 0 aliphatic rings. The van der Waals surface area contributed by atoms with Crippen LogP contribution in [-0.2, 0) is 21.9 Å². The second-order valence-electron chi connectivity index (χ2n) is 9.09. The quantitative estimate of drug-likeness (QED) is 0.256. The maximum Gasteiger partial charge on any atom is 0.265 e. The molecule has 12 heteroatoms. The predicted molar refractivity (Wildman–Crippen MR) is 139 cm³/mol. The summed E-state index contributed by atoms with van der Waals surface area (Å²) in [5.41, 5.74) is -0.0118. The first kappa shape index (κ1) is 27.0. The summed E-state index contributed by atoms with van der Waals surface area (Å²) >= 11 is 7.18. The Labute approximate surface area is 221 Å². The number of halogens is 4. The standard InChI is InChI=1S/C25H22ClF3N4O2S2/c1-25(2,3)24-32-22(23(36-24)18-10-12-30-20(31-18)9-11-26)15-5-4-6-17(21(15)29)33-37(34,35)19-13-14(27)7-8-16(19)28/h4-8,10,12-13,33H,9,11H2,1-3H3. The molecule has 2 aromatic heterocycles. The Kier molecular flexibility index (Phi) is 7.59. The van der Waals surface area contributed by atoms with E-state index >= 15 is 4.39 Å². The first-order valence-electron chi connectivity index (χ1n) is 11.1. The summed E-state index contributed by atoms with van der Waals surface area (Å²) in [4.78, 5) is 13.1. The van der Waals surface area contributed by atoms with Crippen LogP contribution in [0, 0.1) is 17.5 Å². The van der Waals surface area contributed by atoms with Crippen molar-refractivity contribution in [2.24, 2.45) is 0 Å². The maximum atomic E-state index is 15.8. The van der Waals surface area contributed by atoms with Crippen LogP contribution in [0.15, 0.2) is 53.6 Å². The minimum absolute atomic E-state index is 0.0131. The fraction of sp³-hybridized carbons (Fsp3) is 0.240. The Morgan fingerprint density at radius 3 is 2.51 bits per heavy atom. The van der Waals surface area contributed by atoms with Crippen LogP contribution in [0.1, 0.15) is 31.6 Å². The minimum Gasteiger partial charge on any atom is -0.277 e. The van der Waals surface area contributed by atoms with Gasteiger partial charge in [-0.2, -0.15) is 0 Å². The first-order valence-corrected chi connectivity index (χ1v) is 13.9. The highest BCUT2D eigenvalue weighted by Crippen LogP contribution is 2.42. The van der Waals surface area contributed by atoms with E-state index in [1.165, 1.54) is 29.5 Å². The molecule has 4 aromatic rings. The van der Waals surface area contributed by atoms with Gasteiger partial charge in [0.1, 0.15) is 22.4 Å². The van der Waals surface area contributed by atoms with Crippen molar-refractivity contribution < 1.29 is 21.6 Å². The molecule has 0 atom stereocenters. The van der Waals surface area contributed by atoms with Crippen LogP contribution in [0.25, 0.3) is 21.8 Å². The Morgan fingerprint density at radius 2 is 1.81 bits per heavy atom. The Bertz CT molecular complexity index is 1570. The fourth-order valence-electron chi connectivity index (χ4n) is 3.40. The van der Waals surface area contributed by atoms with Crippen LogP contribution in [0.3, 0.4) is 0 Å². The second-order valence-corrected chi connectivity index (χ2v) is 12.1. The summed E-state index contributed by atoms with van der Waals surface area (Å²) in [5.74, 6) is -2.20. The molecule has 0 amide bonds. The van der Waals surface area contributed by atoms with Gasteiger partial charge in [-0.05, 0) is 36.4 Å². The zero-order chi connectivity index (χ0) is 27.0. The third-order valence-corrected chi connectivity index (χ3v) is 8.28. The number of anilines is 1. The van der Waals surface area contributed by atoms with Gasteiger partial charge in [-0.3, -0.25) is 4.72 Å². The number of aryl methyl sites for hydroxylation is 1. The van der Waals surface area contributed by atoms with Crippen LogP contribution in [0.5, 0.6) is 0 Å². The summed E-state index contributed by atoms with van der Waals surface area (Å²) < 4.78 is 71.1. The maximum absolute atomic E-state index is 15.8. The van der Waals surface area contributed by atoms with Gasteiger partial charge in [-0.25, -0.2) is 36.5 Å². The van der Waals surface area contributed by atoms with Crippen LogP contribution >= 0.6 is 22.9 Å². The van der Waals surface area contributed by atoms with Gasteiger partial charge in [0.25, 0.3) is 10.0 Å². The van der Waals surface area contributed by atoms with Gasteiger partial charge in [0.05, 0.1) is 27.0 Å². The first-order chi connectivity index (χ1) is 17.4. The summed E-state index contributed by atoms with van der Waals surface area (Å²) in [5, 5.41) is 0.710. The molecular weight excluding hydrogens is 545 g/mol. The summed E-state index contributed by atoms with van der Waals surface area (Å²) in [6.07, 6.45) is 2.02. The molecule has 194 valence electrons. The van der Waals surface area contributed by atoms with Crippen molar-refractivity contribution in [2.75, 3.05) is 10.6 Å². The molecule has 4 rings (SSSR count). The van der Waals surface area contributed by atoms with Crippen LogP contribution in [-0.4, -0.2) is 29.2 Å². The van der Waals surface area contributed by atoms with E-state index in [0.29, 0.717) is 45.8 Å². The van der Waals surface area contributed by atoms with E-state index in [9.17, 15) is 17.2 Å². The van der Waals surface area contributed by atoms with E-state index in [0.717, 1.165) is 6.07 Å². The van der Waals surface area contributed by atoms with Crippen molar-refractivity contribution >= 4 is 38.6 Å². The lowest BCUT2D eigenvalue weighted by molar-refractivity contribution is 0.555. The molecular formula is C25H22ClF3N4O2S2. The highest BCUT2D eigenvalue weighted by atomic mass is 35.5. The molecule has 0 saturated heterocycles. The van der Waals surface area contributed by atoms with Crippen molar-refractivity contribution in [3.63, 3.8) is 0 Å². The van der Waals surface area contributed by atoms with Gasteiger partial charge < -0.3 is 0 Å². The lowest BCUT2D eigenvalue weighted by Crippen LogP contribution is -2.16. The van der Waals surface area contributed by atoms with Crippen LogP contribution in [0.2, 0.25) is 0 Å². The van der Waals surface area contributed by atoms with Crippen molar-refractivity contribution in [1.82, 2.24) is 15.0 Å². The lowest BCUT2D eigenvalue weighted by Gasteiger charge is -2.14. The Morgan fingerprint density at radius 1 is 1.05 bits per heavy atom. The van der Waals surface area contributed by atoms with Crippen molar-refractivity contribution in [1.29, 1.82) is 0 Å². The molecule has 0 radical (unpaired) electrons. The molecule has 37 heavy (non-hydrogen) atoms. The Balaban J connectivity index is 1.84. The summed E-state index contributed by atoms with van der Waals surface area (Å²) in [6, 6.07) is 7.77. The van der Waals surface area contributed by atoms with E-state index in [-0.39, 0.29) is 16.7 Å². The molecule has 0 unspecified atom stereocenters. The van der Waals surface area contributed by atoms with Crippen LogP contribution < -0.4 is 4.72 Å². The van der Waals surface area contributed by atoms with Gasteiger partial charge in [-0.1, -0.05) is 26.8 Å². The number of aromatic nitrogens is 3. The van der Waals surface area contributed by atoms with E-state index < -0.39 is 38.1 Å². The number of sulfonamides is 1. The minimum atomic E-state index is -4.64. The SMILES string of the molecule is CC(C)(C)c1nc(-c2cccc(NS(=O)(=O)c3cc(F)ccc3F)c2F)c(-c2ccnc(CCCl)n2)s1. The van der Waals surface area contributed by atoms with E-state index in [2.05, 4.69) is 9.97 Å². The number of rotatable bonds is 7. The molecule has 6 nitrogen and oxygen atoms in total. The smallest absolute Gasteiger partial charge is 0.265 e.